The first kappa shape index (κ1) is 44.4. The Morgan fingerprint density at radius 3 is 1.47 bits per heavy atom. The number of aliphatic hydroxyl groups is 5. The smallest absolute Gasteiger partial charge is 0.457 e. The van der Waals surface area contributed by atoms with E-state index >= 15 is 0 Å². The van der Waals surface area contributed by atoms with Crippen LogP contribution in [0.5, 0.6) is 0 Å². The zero-order chi connectivity index (χ0) is 34.9. The molecule has 12 nitrogen and oxygen atoms in total. The second kappa shape index (κ2) is 27.1. The Kier molecular flexibility index (Phi) is 25.6. The number of hydrogen-bond donors (Lipinski definition) is 6. The Balaban J connectivity index is 2.50. The van der Waals surface area contributed by atoms with Crippen LogP contribution >= 0.6 is 7.82 Å². The van der Waals surface area contributed by atoms with Gasteiger partial charge in [0.25, 0.3) is 0 Å². The highest BCUT2D eigenvalue weighted by Crippen LogP contribution is 2.47. The van der Waals surface area contributed by atoms with E-state index < -0.39 is 63.1 Å². The maximum atomic E-state index is 12.7. The third kappa shape index (κ3) is 20.6. The van der Waals surface area contributed by atoms with Crippen LogP contribution in [0, 0.1) is 0 Å². The summed E-state index contributed by atoms with van der Waals surface area (Å²) >= 11 is 0. The van der Waals surface area contributed by atoms with Gasteiger partial charge in [-0.2, -0.15) is 0 Å². The molecule has 6 atom stereocenters. The maximum Gasteiger partial charge on any atom is 0.472 e. The van der Waals surface area contributed by atoms with Crippen LogP contribution in [0.4, 0.5) is 0 Å². The van der Waals surface area contributed by atoms with Gasteiger partial charge in [-0.3, -0.25) is 13.8 Å². The van der Waals surface area contributed by atoms with Crippen LogP contribution in [0.15, 0.2) is 0 Å². The van der Waals surface area contributed by atoms with E-state index in [2.05, 4.69) is 13.8 Å². The standard InChI is InChI=1S/C34H67O12P/c1-3-5-7-9-11-13-14-16-18-20-22-24-43-25-27(45-28(35)23-21-19-17-15-12-10-8-6-4-2)26-44-47(41,42)46-34-32(39)30(37)29(36)31(38)33(34)40/h27,29-34,36-40H,3-26H2,1-2H3,(H,41,42). The average molecular weight is 699 g/mol. The fraction of sp³-hybridized carbons (Fsp3) is 0.971. The highest BCUT2D eigenvalue weighted by Gasteiger charge is 2.51. The van der Waals surface area contributed by atoms with E-state index in [1.807, 2.05) is 0 Å². The van der Waals surface area contributed by atoms with E-state index in [1.54, 1.807) is 0 Å². The van der Waals surface area contributed by atoms with Gasteiger partial charge in [0, 0.05) is 13.0 Å². The first-order chi connectivity index (χ1) is 22.5. The van der Waals surface area contributed by atoms with Crippen molar-refractivity contribution in [1.82, 2.24) is 0 Å². The summed E-state index contributed by atoms with van der Waals surface area (Å²) in [6.07, 6.45) is 10.6. The van der Waals surface area contributed by atoms with Crippen molar-refractivity contribution < 1.29 is 58.3 Å². The molecule has 1 saturated carbocycles. The molecule has 47 heavy (non-hydrogen) atoms. The van der Waals surface area contributed by atoms with Crippen molar-refractivity contribution in [2.75, 3.05) is 19.8 Å². The Bertz CT molecular complexity index is 802. The minimum atomic E-state index is -4.99. The average Bonchev–Trinajstić information content (AvgIpc) is 3.05. The van der Waals surface area contributed by atoms with Gasteiger partial charge in [0.1, 0.15) is 42.7 Å². The number of carbonyl (C=O) groups is 1. The molecule has 6 unspecified atom stereocenters. The molecular formula is C34H67O12P. The van der Waals surface area contributed by atoms with Gasteiger partial charge in [-0.05, 0) is 12.8 Å². The SMILES string of the molecule is CCCCCCCCCCCCCOCC(COP(=O)(O)OC1C(O)C(O)C(O)C(O)C1O)OC(=O)CCCCCCCCCCC. The predicted octanol–water partition coefficient (Wildman–Crippen LogP) is 5.47. The van der Waals surface area contributed by atoms with Crippen LogP contribution < -0.4 is 0 Å². The molecule has 0 aromatic heterocycles. The molecule has 1 rings (SSSR count). The van der Waals surface area contributed by atoms with E-state index in [4.69, 9.17) is 18.5 Å². The molecule has 1 aliphatic rings. The molecule has 0 heterocycles. The number of hydrogen-bond acceptors (Lipinski definition) is 11. The molecule has 0 amide bonds. The van der Waals surface area contributed by atoms with Crippen LogP contribution in [0.1, 0.15) is 149 Å². The summed E-state index contributed by atoms with van der Waals surface area (Å²) in [5.41, 5.74) is 0. The summed E-state index contributed by atoms with van der Waals surface area (Å²) in [5.74, 6) is -0.480. The summed E-state index contributed by atoms with van der Waals surface area (Å²) in [5, 5.41) is 49.8. The van der Waals surface area contributed by atoms with Crippen LogP contribution in [-0.2, 0) is 27.9 Å². The van der Waals surface area contributed by atoms with Gasteiger partial charge >= 0.3 is 13.8 Å². The highest BCUT2D eigenvalue weighted by atomic mass is 31.2. The number of ether oxygens (including phenoxy) is 2. The van der Waals surface area contributed by atoms with Crippen LogP contribution in [0.2, 0.25) is 0 Å². The number of carbonyl (C=O) groups excluding carboxylic acids is 1. The summed E-state index contributed by atoms with van der Waals surface area (Å²) in [4.78, 5) is 22.9. The van der Waals surface area contributed by atoms with E-state index in [0.29, 0.717) is 13.0 Å². The molecule has 0 spiro atoms. The lowest BCUT2D eigenvalue weighted by molar-refractivity contribution is -0.220. The van der Waals surface area contributed by atoms with E-state index in [1.165, 1.54) is 83.5 Å². The molecule has 13 heteroatoms. The van der Waals surface area contributed by atoms with Gasteiger partial charge in [-0.1, -0.05) is 129 Å². The first-order valence-electron chi connectivity index (χ1n) is 18.4. The molecule has 0 aromatic carbocycles. The Morgan fingerprint density at radius 1 is 0.596 bits per heavy atom. The molecule has 0 bridgehead atoms. The zero-order valence-electron chi connectivity index (χ0n) is 29.1. The van der Waals surface area contributed by atoms with Gasteiger partial charge in [-0.15, -0.1) is 0 Å². The van der Waals surface area contributed by atoms with Crippen molar-refractivity contribution in [2.24, 2.45) is 0 Å². The minimum Gasteiger partial charge on any atom is -0.457 e. The molecule has 0 saturated heterocycles. The van der Waals surface area contributed by atoms with Gasteiger partial charge in [0.05, 0.1) is 13.2 Å². The number of aliphatic hydroxyl groups excluding tert-OH is 5. The van der Waals surface area contributed by atoms with Gasteiger partial charge in [0.15, 0.2) is 0 Å². The van der Waals surface area contributed by atoms with Crippen LogP contribution in [0.25, 0.3) is 0 Å². The van der Waals surface area contributed by atoms with Gasteiger partial charge in [-0.25, -0.2) is 4.57 Å². The van der Waals surface area contributed by atoms with Crippen LogP contribution in [0.3, 0.4) is 0 Å². The molecular weight excluding hydrogens is 631 g/mol. The van der Waals surface area contributed by atoms with E-state index in [-0.39, 0.29) is 13.0 Å². The molecule has 6 N–H and O–H groups in total. The minimum absolute atomic E-state index is 0.0699. The lowest BCUT2D eigenvalue weighted by Gasteiger charge is -2.41. The van der Waals surface area contributed by atoms with Gasteiger partial charge < -0.3 is 39.9 Å². The van der Waals surface area contributed by atoms with Crippen molar-refractivity contribution in [3.8, 4) is 0 Å². The van der Waals surface area contributed by atoms with E-state index in [9.17, 15) is 39.8 Å². The normalized spacial score (nSPS) is 25.0. The topological polar surface area (TPSA) is 192 Å². The first-order valence-corrected chi connectivity index (χ1v) is 19.9. The van der Waals surface area contributed by atoms with E-state index in [0.717, 1.165) is 38.5 Å². The van der Waals surface area contributed by atoms with Crippen molar-refractivity contribution in [3.63, 3.8) is 0 Å². The summed E-state index contributed by atoms with van der Waals surface area (Å²) in [6, 6.07) is 0. The second-order valence-corrected chi connectivity index (χ2v) is 14.5. The fourth-order valence-corrected chi connectivity index (χ4v) is 6.68. The summed E-state index contributed by atoms with van der Waals surface area (Å²) in [7, 11) is -4.99. The third-order valence-electron chi connectivity index (χ3n) is 8.73. The summed E-state index contributed by atoms with van der Waals surface area (Å²) < 4.78 is 33.8. The zero-order valence-corrected chi connectivity index (χ0v) is 30.0. The van der Waals surface area contributed by atoms with Crippen molar-refractivity contribution >= 4 is 13.8 Å². The van der Waals surface area contributed by atoms with Crippen molar-refractivity contribution in [2.45, 2.75) is 191 Å². The number of phosphoric acid groups is 1. The lowest BCUT2D eigenvalue weighted by Crippen LogP contribution is -2.64. The third-order valence-corrected chi connectivity index (χ3v) is 9.72. The van der Waals surface area contributed by atoms with Crippen molar-refractivity contribution in [1.29, 1.82) is 0 Å². The number of unbranched alkanes of at least 4 members (excludes halogenated alkanes) is 18. The maximum absolute atomic E-state index is 12.7. The second-order valence-electron chi connectivity index (χ2n) is 13.1. The molecule has 0 radical (unpaired) electrons. The Hall–Kier alpha value is -0.660. The Labute approximate surface area is 283 Å². The Morgan fingerprint density at radius 2 is 1.00 bits per heavy atom. The molecule has 280 valence electrons. The number of rotatable bonds is 30. The molecule has 0 aromatic rings. The number of phosphoric ester groups is 1. The summed E-state index contributed by atoms with van der Waals surface area (Å²) in [6.45, 7) is 4.20. The number of esters is 1. The molecule has 0 aliphatic heterocycles. The lowest BCUT2D eigenvalue weighted by atomic mass is 9.85. The predicted molar refractivity (Wildman–Crippen MR) is 180 cm³/mol. The van der Waals surface area contributed by atoms with Crippen LogP contribution in [-0.4, -0.2) is 98.9 Å². The van der Waals surface area contributed by atoms with Gasteiger partial charge in [0.2, 0.25) is 0 Å². The molecule has 1 aliphatic carbocycles. The monoisotopic (exact) mass is 698 g/mol. The fourth-order valence-electron chi connectivity index (χ4n) is 5.71. The molecule has 1 fully saturated rings. The largest absolute Gasteiger partial charge is 0.472 e. The highest BCUT2D eigenvalue weighted by molar-refractivity contribution is 7.47. The van der Waals surface area contributed by atoms with Crippen molar-refractivity contribution in [3.05, 3.63) is 0 Å². The quantitative estimate of drug-likeness (QED) is 0.0316.